The second-order valence-corrected chi connectivity index (χ2v) is 6.91. The highest BCUT2D eigenvalue weighted by Gasteiger charge is 2.37. The molecular weight excluding hydrogens is 451 g/mol. The van der Waals surface area contributed by atoms with Crippen molar-refractivity contribution < 1.29 is 36.9 Å². The van der Waals surface area contributed by atoms with Crippen molar-refractivity contribution >= 4 is 39.9 Å². The van der Waals surface area contributed by atoms with Crippen molar-refractivity contribution in [2.75, 3.05) is 6.61 Å². The Morgan fingerprint density at radius 3 is 2.27 bits per heavy atom. The monoisotopic (exact) mass is 462 g/mol. The number of alkyl halides is 3. The number of aliphatic carboxylic acids is 1. The summed E-state index contributed by atoms with van der Waals surface area (Å²) in [6, 6.07) is 10.1. The molecule has 0 aliphatic heterocycles. The first-order chi connectivity index (χ1) is 14.1. The Hall–Kier alpha value is -2.71. The lowest BCUT2D eigenvalue weighted by Gasteiger charge is -2.15. The third-order valence-electron chi connectivity index (χ3n) is 4.01. The lowest BCUT2D eigenvalue weighted by Crippen LogP contribution is -2.09. The molecule has 0 radical (unpaired) electrons. The number of hydrogen-bond donors (Lipinski definition) is 1. The van der Waals surface area contributed by atoms with Crippen LogP contribution in [0.4, 0.5) is 17.6 Å². The van der Waals surface area contributed by atoms with Gasteiger partial charge in [0.05, 0.1) is 23.6 Å². The highest BCUT2D eigenvalue weighted by atomic mass is 35.5. The molecule has 0 spiro atoms. The average Bonchev–Trinajstić information content (AvgIpc) is 2.66. The fraction of sp³-hybridized carbons (Fsp3) is 0.150. The summed E-state index contributed by atoms with van der Waals surface area (Å²) < 4.78 is 63.5. The summed E-state index contributed by atoms with van der Waals surface area (Å²) in [4.78, 5) is 10.6. The molecule has 0 heterocycles. The van der Waals surface area contributed by atoms with Gasteiger partial charge >= 0.3 is 12.1 Å². The predicted molar refractivity (Wildman–Crippen MR) is 103 cm³/mol. The molecule has 0 aliphatic carbocycles. The van der Waals surface area contributed by atoms with Crippen LogP contribution >= 0.6 is 23.2 Å². The molecule has 10 heteroatoms. The fourth-order valence-electron chi connectivity index (χ4n) is 2.61. The van der Waals surface area contributed by atoms with Crippen molar-refractivity contribution in [2.24, 2.45) is 0 Å². The molecule has 0 saturated carbocycles. The van der Waals surface area contributed by atoms with Gasteiger partial charge in [-0.25, -0.2) is 4.39 Å². The summed E-state index contributed by atoms with van der Waals surface area (Å²) in [6.45, 7) is -0.0208. The van der Waals surface area contributed by atoms with E-state index in [-0.39, 0.29) is 18.8 Å². The van der Waals surface area contributed by atoms with Gasteiger partial charge in [-0.15, -0.1) is 0 Å². The van der Waals surface area contributed by atoms with Crippen molar-refractivity contribution in [3.63, 3.8) is 0 Å². The number of carboxylic acid groups (broad SMARTS) is 1. The predicted octanol–water partition coefficient (Wildman–Crippen LogP) is 6.95. The summed E-state index contributed by atoms with van der Waals surface area (Å²) >= 11 is 11.6. The molecule has 0 amide bonds. The van der Waals surface area contributed by atoms with E-state index in [0.717, 1.165) is 5.39 Å². The van der Waals surface area contributed by atoms with Crippen LogP contribution in [-0.4, -0.2) is 17.7 Å². The summed E-state index contributed by atoms with van der Waals surface area (Å²) in [6.07, 6.45) is -5.13. The summed E-state index contributed by atoms with van der Waals surface area (Å²) in [5.41, 5.74) is -1.59. The van der Waals surface area contributed by atoms with Crippen LogP contribution in [0.3, 0.4) is 0 Å². The number of rotatable bonds is 6. The molecule has 4 nitrogen and oxygen atoms in total. The van der Waals surface area contributed by atoms with Crippen molar-refractivity contribution in [1.82, 2.24) is 0 Å². The highest BCUT2D eigenvalue weighted by Crippen LogP contribution is 2.44. The Kier molecular flexibility index (Phi) is 6.28. The van der Waals surface area contributed by atoms with Crippen LogP contribution in [0.2, 0.25) is 10.0 Å². The second-order valence-electron chi connectivity index (χ2n) is 6.13. The van der Waals surface area contributed by atoms with Crippen LogP contribution < -0.4 is 9.47 Å². The molecule has 0 unspecified atom stereocenters. The Balaban J connectivity index is 1.90. The van der Waals surface area contributed by atoms with Gasteiger partial charge < -0.3 is 14.6 Å². The van der Waals surface area contributed by atoms with Crippen LogP contribution in [0.5, 0.6) is 17.2 Å². The first kappa shape index (κ1) is 22.0. The highest BCUT2D eigenvalue weighted by molar-refractivity contribution is 6.37. The van der Waals surface area contributed by atoms with Gasteiger partial charge in [-0.3, -0.25) is 4.79 Å². The zero-order valence-electron chi connectivity index (χ0n) is 14.9. The number of halogens is 6. The van der Waals surface area contributed by atoms with Gasteiger partial charge in [-0.05, 0) is 41.1 Å². The molecule has 1 N–H and O–H groups in total. The summed E-state index contributed by atoms with van der Waals surface area (Å²) in [5, 5.41) is 8.68. The third kappa shape index (κ3) is 4.88. The van der Waals surface area contributed by atoms with E-state index < -0.39 is 39.3 Å². The molecule has 3 rings (SSSR count). The molecule has 0 bridgehead atoms. The van der Waals surface area contributed by atoms with Crippen LogP contribution in [-0.2, 0) is 11.0 Å². The molecule has 3 aromatic carbocycles. The first-order valence-electron chi connectivity index (χ1n) is 8.37. The van der Waals surface area contributed by atoms with E-state index in [1.54, 1.807) is 24.3 Å². The number of ether oxygens (including phenoxy) is 2. The number of hydrogen-bond acceptors (Lipinski definition) is 3. The normalized spacial score (nSPS) is 11.5. The molecule has 0 saturated heterocycles. The van der Waals surface area contributed by atoms with E-state index in [1.165, 1.54) is 12.1 Å². The Morgan fingerprint density at radius 1 is 1.00 bits per heavy atom. The van der Waals surface area contributed by atoms with Gasteiger partial charge in [-0.1, -0.05) is 35.3 Å². The maximum absolute atomic E-state index is 14.1. The largest absolute Gasteiger partial charge is 0.493 e. The van der Waals surface area contributed by atoms with E-state index in [2.05, 4.69) is 0 Å². The van der Waals surface area contributed by atoms with Crippen LogP contribution in [0.25, 0.3) is 10.8 Å². The zero-order chi connectivity index (χ0) is 22.1. The molecule has 0 fully saturated rings. The minimum absolute atomic E-state index is 0.0208. The molecular formula is C20H12Cl2F4O4. The average molecular weight is 463 g/mol. The maximum atomic E-state index is 14.1. The van der Waals surface area contributed by atoms with E-state index in [1.807, 2.05) is 0 Å². The number of carbonyl (C=O) groups is 1. The molecule has 0 atom stereocenters. The van der Waals surface area contributed by atoms with Crippen LogP contribution in [0, 0.1) is 5.82 Å². The number of carboxylic acids is 1. The Bertz CT molecular complexity index is 1120. The van der Waals surface area contributed by atoms with E-state index in [4.69, 9.17) is 37.8 Å². The van der Waals surface area contributed by atoms with E-state index >= 15 is 0 Å². The summed E-state index contributed by atoms with van der Waals surface area (Å²) in [5.74, 6) is -2.56. The molecule has 158 valence electrons. The van der Waals surface area contributed by atoms with Crippen molar-refractivity contribution in [2.45, 2.75) is 12.6 Å². The SMILES string of the molecule is O=C(O)CCOc1ccc2ccc(Oc3c(Cl)cc(C(F)(F)F)c(F)c3Cl)cc2c1. The minimum Gasteiger partial charge on any atom is -0.493 e. The van der Waals surface area contributed by atoms with Crippen molar-refractivity contribution in [1.29, 1.82) is 0 Å². The first-order valence-corrected chi connectivity index (χ1v) is 9.13. The standard InChI is InChI=1S/C20H12Cl2F4O4/c21-15-9-14(20(24,25)26)18(23)17(22)19(15)30-13-4-2-10-1-3-12(7-11(10)8-13)29-6-5-16(27)28/h1-4,7-9H,5-6H2,(H,27,28). The third-order valence-corrected chi connectivity index (χ3v) is 4.63. The molecule has 0 aliphatic rings. The van der Waals surface area contributed by atoms with Gasteiger partial charge in [0.1, 0.15) is 16.5 Å². The van der Waals surface area contributed by atoms with Gasteiger partial charge in [0.2, 0.25) is 0 Å². The van der Waals surface area contributed by atoms with Gasteiger partial charge in [0, 0.05) is 0 Å². The number of benzene rings is 3. The molecule has 0 aromatic heterocycles. The van der Waals surface area contributed by atoms with Crippen LogP contribution in [0.15, 0.2) is 42.5 Å². The lowest BCUT2D eigenvalue weighted by molar-refractivity contribution is -0.140. The van der Waals surface area contributed by atoms with Crippen molar-refractivity contribution in [3.8, 4) is 17.2 Å². The van der Waals surface area contributed by atoms with Gasteiger partial charge in [0.15, 0.2) is 11.6 Å². The van der Waals surface area contributed by atoms with Gasteiger partial charge in [0.25, 0.3) is 0 Å². The summed E-state index contributed by atoms with van der Waals surface area (Å²) in [7, 11) is 0. The smallest absolute Gasteiger partial charge is 0.419 e. The lowest BCUT2D eigenvalue weighted by atomic mass is 10.1. The Morgan fingerprint density at radius 2 is 1.63 bits per heavy atom. The van der Waals surface area contributed by atoms with E-state index in [9.17, 15) is 22.4 Å². The maximum Gasteiger partial charge on any atom is 0.419 e. The molecule has 30 heavy (non-hydrogen) atoms. The second kappa shape index (κ2) is 8.57. The quantitative estimate of drug-likeness (QED) is 0.318. The van der Waals surface area contributed by atoms with E-state index in [0.29, 0.717) is 17.2 Å². The number of fused-ring (bicyclic) bond motifs is 1. The fourth-order valence-corrected chi connectivity index (χ4v) is 3.14. The minimum atomic E-state index is -4.96. The van der Waals surface area contributed by atoms with Crippen molar-refractivity contribution in [3.05, 3.63) is 63.9 Å². The van der Waals surface area contributed by atoms with Gasteiger partial charge in [-0.2, -0.15) is 13.2 Å². The zero-order valence-corrected chi connectivity index (χ0v) is 16.4. The topological polar surface area (TPSA) is 55.8 Å². The molecule has 3 aromatic rings. The van der Waals surface area contributed by atoms with Crippen LogP contribution in [0.1, 0.15) is 12.0 Å². The Labute approximate surface area is 177 Å².